The van der Waals surface area contributed by atoms with Gasteiger partial charge in [0.05, 0.1) is 5.52 Å². The second-order valence-electron chi connectivity index (χ2n) is 2.77. The van der Waals surface area contributed by atoms with E-state index in [1.165, 1.54) is 6.07 Å². The minimum absolute atomic E-state index is 0.112. The maximum Gasteiger partial charge on any atom is 0.248 e. The van der Waals surface area contributed by atoms with Crippen molar-refractivity contribution in [1.82, 2.24) is 4.98 Å². The van der Waals surface area contributed by atoms with Crippen molar-refractivity contribution in [2.24, 2.45) is 0 Å². The molecule has 0 aliphatic rings. The first-order valence-electron chi connectivity index (χ1n) is 3.76. The number of benzene rings is 1. The van der Waals surface area contributed by atoms with Crippen molar-refractivity contribution in [2.75, 3.05) is 0 Å². The number of nitrogens with one attached hydrogen (secondary N) is 1. The van der Waals surface area contributed by atoms with Crippen LogP contribution in [0.25, 0.3) is 10.9 Å². The minimum Gasteiger partial charge on any atom is -0.319 e. The number of halogens is 3. The molecule has 0 spiro atoms. The normalized spacial score (nSPS) is 10.8. The Kier molecular flexibility index (Phi) is 1.80. The largest absolute Gasteiger partial charge is 0.319 e. The van der Waals surface area contributed by atoms with Crippen LogP contribution in [-0.2, 0) is 0 Å². The SMILES string of the molecule is O=c1ccc2cc(F)c(F)c(F)c2[nH]1. The van der Waals surface area contributed by atoms with E-state index in [1.54, 1.807) is 0 Å². The summed E-state index contributed by atoms with van der Waals surface area (Å²) in [6.07, 6.45) is 0. The van der Waals surface area contributed by atoms with E-state index >= 15 is 0 Å². The van der Waals surface area contributed by atoms with E-state index in [4.69, 9.17) is 0 Å². The number of fused-ring (bicyclic) bond motifs is 1. The fraction of sp³-hybridized carbons (Fsp3) is 0. The van der Waals surface area contributed by atoms with Gasteiger partial charge < -0.3 is 4.98 Å². The van der Waals surface area contributed by atoms with Crippen molar-refractivity contribution in [3.8, 4) is 0 Å². The molecule has 0 amide bonds. The molecule has 0 bridgehead atoms. The predicted octanol–water partition coefficient (Wildman–Crippen LogP) is 1.95. The van der Waals surface area contributed by atoms with Crippen LogP contribution in [0.4, 0.5) is 13.2 Å². The van der Waals surface area contributed by atoms with Crippen molar-refractivity contribution in [2.45, 2.75) is 0 Å². The lowest BCUT2D eigenvalue weighted by molar-refractivity contribution is 0.452. The van der Waals surface area contributed by atoms with Gasteiger partial charge in [-0.2, -0.15) is 0 Å². The molecule has 1 aromatic heterocycles. The summed E-state index contributed by atoms with van der Waals surface area (Å²) in [5.41, 5.74) is -0.890. The number of aromatic nitrogens is 1. The number of H-pyrrole nitrogens is 1. The molecule has 1 heterocycles. The first-order valence-corrected chi connectivity index (χ1v) is 3.76. The highest BCUT2D eigenvalue weighted by molar-refractivity contribution is 5.78. The van der Waals surface area contributed by atoms with Gasteiger partial charge in [0.25, 0.3) is 0 Å². The standard InChI is InChI=1S/C9H4F3NO/c10-5-3-4-1-2-6(14)13-9(4)8(12)7(5)11/h1-3H,(H,13,14). The number of rotatable bonds is 0. The lowest BCUT2D eigenvalue weighted by atomic mass is 10.2. The first kappa shape index (κ1) is 8.80. The van der Waals surface area contributed by atoms with E-state index < -0.39 is 23.0 Å². The highest BCUT2D eigenvalue weighted by Crippen LogP contribution is 2.19. The summed E-state index contributed by atoms with van der Waals surface area (Å²) < 4.78 is 38.5. The second-order valence-corrected chi connectivity index (χ2v) is 2.77. The quantitative estimate of drug-likeness (QED) is 0.646. The number of aromatic amines is 1. The molecule has 0 atom stereocenters. The van der Waals surface area contributed by atoms with Gasteiger partial charge in [0.15, 0.2) is 17.5 Å². The Hall–Kier alpha value is -1.78. The second kappa shape index (κ2) is 2.87. The van der Waals surface area contributed by atoms with Crippen molar-refractivity contribution in [3.63, 3.8) is 0 Å². The molecule has 2 aromatic rings. The van der Waals surface area contributed by atoms with Gasteiger partial charge in [0.1, 0.15) is 0 Å². The predicted molar refractivity (Wildman–Crippen MR) is 44.4 cm³/mol. The van der Waals surface area contributed by atoms with E-state index in [9.17, 15) is 18.0 Å². The van der Waals surface area contributed by atoms with Crippen molar-refractivity contribution < 1.29 is 13.2 Å². The summed E-state index contributed by atoms with van der Waals surface area (Å²) >= 11 is 0. The molecule has 0 aliphatic heterocycles. The van der Waals surface area contributed by atoms with Gasteiger partial charge in [-0.1, -0.05) is 0 Å². The molecule has 14 heavy (non-hydrogen) atoms. The summed E-state index contributed by atoms with van der Waals surface area (Å²) in [5.74, 6) is -4.24. The Morgan fingerprint density at radius 3 is 2.50 bits per heavy atom. The lowest BCUT2D eigenvalue weighted by Gasteiger charge is -2.00. The summed E-state index contributed by atoms with van der Waals surface area (Å²) in [7, 11) is 0. The maximum absolute atomic E-state index is 13.1. The van der Waals surface area contributed by atoms with Gasteiger partial charge in [0.2, 0.25) is 5.56 Å². The zero-order chi connectivity index (χ0) is 10.3. The molecule has 0 saturated carbocycles. The molecule has 2 rings (SSSR count). The summed E-state index contributed by atoms with van der Waals surface area (Å²) in [5, 5.41) is 0.112. The fourth-order valence-corrected chi connectivity index (χ4v) is 1.20. The van der Waals surface area contributed by atoms with Gasteiger partial charge in [0, 0.05) is 11.5 Å². The molecule has 5 heteroatoms. The highest BCUT2D eigenvalue weighted by Gasteiger charge is 2.13. The molecule has 0 saturated heterocycles. The molecular weight excluding hydrogens is 195 g/mol. The molecule has 72 valence electrons. The molecular formula is C9H4F3NO. The Morgan fingerprint density at radius 2 is 1.79 bits per heavy atom. The summed E-state index contributed by atoms with van der Waals surface area (Å²) in [4.78, 5) is 12.9. The van der Waals surface area contributed by atoms with E-state index in [0.717, 1.165) is 12.1 Å². The van der Waals surface area contributed by atoms with E-state index in [0.29, 0.717) is 0 Å². The Bertz CT molecular complexity index is 562. The number of hydrogen-bond donors (Lipinski definition) is 1. The van der Waals surface area contributed by atoms with Crippen molar-refractivity contribution >= 4 is 10.9 Å². The van der Waals surface area contributed by atoms with Crippen LogP contribution in [0.2, 0.25) is 0 Å². The van der Waals surface area contributed by atoms with Crippen LogP contribution in [0.1, 0.15) is 0 Å². The lowest BCUT2D eigenvalue weighted by Crippen LogP contribution is -2.05. The summed E-state index contributed by atoms with van der Waals surface area (Å²) in [6, 6.07) is 3.16. The molecule has 2 nitrogen and oxygen atoms in total. The van der Waals surface area contributed by atoms with Gasteiger partial charge in [-0.25, -0.2) is 13.2 Å². The zero-order valence-corrected chi connectivity index (χ0v) is 6.77. The highest BCUT2D eigenvalue weighted by atomic mass is 19.2. The van der Waals surface area contributed by atoms with Gasteiger partial charge in [-0.05, 0) is 12.1 Å². The molecule has 0 radical (unpaired) electrons. The van der Waals surface area contributed by atoms with Crippen LogP contribution in [0, 0.1) is 17.5 Å². The van der Waals surface area contributed by atoms with Gasteiger partial charge in [-0.3, -0.25) is 4.79 Å². The average Bonchev–Trinajstić information content (AvgIpc) is 2.16. The molecule has 0 unspecified atom stereocenters. The van der Waals surface area contributed by atoms with Crippen molar-refractivity contribution in [1.29, 1.82) is 0 Å². The third kappa shape index (κ3) is 1.17. The summed E-state index contributed by atoms with van der Waals surface area (Å²) in [6.45, 7) is 0. The third-order valence-corrected chi connectivity index (χ3v) is 1.86. The van der Waals surface area contributed by atoms with Crippen LogP contribution in [-0.4, -0.2) is 4.98 Å². The van der Waals surface area contributed by atoms with Crippen LogP contribution >= 0.6 is 0 Å². The Balaban J connectivity index is 2.99. The van der Waals surface area contributed by atoms with Gasteiger partial charge in [-0.15, -0.1) is 0 Å². The van der Waals surface area contributed by atoms with E-state index in [1.807, 2.05) is 0 Å². The zero-order valence-electron chi connectivity index (χ0n) is 6.77. The van der Waals surface area contributed by atoms with Crippen LogP contribution in [0.5, 0.6) is 0 Å². The number of hydrogen-bond acceptors (Lipinski definition) is 1. The van der Waals surface area contributed by atoms with E-state index in [-0.39, 0.29) is 10.9 Å². The van der Waals surface area contributed by atoms with Crippen LogP contribution in [0.15, 0.2) is 23.0 Å². The third-order valence-electron chi connectivity index (χ3n) is 1.86. The first-order chi connectivity index (χ1) is 6.59. The van der Waals surface area contributed by atoms with E-state index in [2.05, 4.69) is 4.98 Å². The average molecular weight is 199 g/mol. The minimum atomic E-state index is -1.58. The Morgan fingerprint density at radius 1 is 1.07 bits per heavy atom. The maximum atomic E-state index is 13.1. The van der Waals surface area contributed by atoms with Crippen molar-refractivity contribution in [3.05, 3.63) is 46.0 Å². The molecule has 1 N–H and O–H groups in total. The van der Waals surface area contributed by atoms with Crippen LogP contribution in [0.3, 0.4) is 0 Å². The number of pyridine rings is 1. The van der Waals surface area contributed by atoms with Gasteiger partial charge >= 0.3 is 0 Å². The molecule has 0 aliphatic carbocycles. The Labute approximate surface area is 76.0 Å². The molecule has 1 aromatic carbocycles. The molecule has 0 fully saturated rings. The fourth-order valence-electron chi connectivity index (χ4n) is 1.20. The topological polar surface area (TPSA) is 32.9 Å². The smallest absolute Gasteiger partial charge is 0.248 e. The van der Waals surface area contributed by atoms with Crippen LogP contribution < -0.4 is 5.56 Å². The monoisotopic (exact) mass is 199 g/mol.